The minimum absolute atomic E-state index is 0.557. The van der Waals surface area contributed by atoms with Crippen LogP contribution in [0.2, 0.25) is 0 Å². The molecule has 1 aliphatic rings. The van der Waals surface area contributed by atoms with Crippen molar-refractivity contribution in [2.75, 3.05) is 13.2 Å². The lowest BCUT2D eigenvalue weighted by Gasteiger charge is -2.18. The smallest absolute Gasteiger partial charge is 0.163 e. The van der Waals surface area contributed by atoms with Crippen molar-refractivity contribution in [1.82, 2.24) is 9.78 Å². The third-order valence-corrected chi connectivity index (χ3v) is 3.47. The Morgan fingerprint density at radius 1 is 1.05 bits per heavy atom. The molecule has 4 rings (SSSR count). The average Bonchev–Trinajstić information content (AvgIpc) is 2.97. The zero-order valence-corrected chi connectivity index (χ0v) is 11.1. The van der Waals surface area contributed by atoms with Gasteiger partial charge in [-0.3, -0.25) is 0 Å². The minimum Gasteiger partial charge on any atom is -0.486 e. The standard InChI is InChI=1S/C16H11N3O2/c17-9-11-1-3-14-12(7-11)10-18-19(14)13-2-4-15-16(8-13)21-6-5-20-15/h1-4,7-8,10H,5-6H2. The van der Waals surface area contributed by atoms with E-state index >= 15 is 0 Å². The van der Waals surface area contributed by atoms with Crippen LogP contribution in [0.1, 0.15) is 5.56 Å². The highest BCUT2D eigenvalue weighted by Gasteiger charge is 2.13. The summed E-state index contributed by atoms with van der Waals surface area (Å²) in [4.78, 5) is 0. The summed E-state index contributed by atoms with van der Waals surface area (Å²) in [5.74, 6) is 1.49. The number of rotatable bonds is 1. The van der Waals surface area contributed by atoms with Gasteiger partial charge in [-0.2, -0.15) is 10.4 Å². The van der Waals surface area contributed by atoms with Gasteiger partial charge in [-0.25, -0.2) is 4.68 Å². The van der Waals surface area contributed by atoms with Crippen molar-refractivity contribution in [3.63, 3.8) is 0 Å². The molecule has 1 aliphatic heterocycles. The van der Waals surface area contributed by atoms with E-state index in [0.717, 1.165) is 28.1 Å². The molecule has 21 heavy (non-hydrogen) atoms. The number of nitrogens with zero attached hydrogens (tertiary/aromatic N) is 3. The lowest BCUT2D eigenvalue weighted by molar-refractivity contribution is 0.171. The van der Waals surface area contributed by atoms with E-state index in [0.29, 0.717) is 18.8 Å². The molecule has 0 saturated heterocycles. The van der Waals surface area contributed by atoms with Crippen LogP contribution in [0, 0.1) is 11.3 Å². The lowest BCUT2D eigenvalue weighted by atomic mass is 10.2. The number of hydrogen-bond acceptors (Lipinski definition) is 4. The maximum absolute atomic E-state index is 8.95. The molecule has 2 aromatic carbocycles. The van der Waals surface area contributed by atoms with E-state index in [4.69, 9.17) is 14.7 Å². The first-order valence-electron chi connectivity index (χ1n) is 6.63. The summed E-state index contributed by atoms with van der Waals surface area (Å²) in [6, 6.07) is 13.4. The van der Waals surface area contributed by atoms with Crippen LogP contribution >= 0.6 is 0 Å². The number of benzene rings is 2. The molecule has 0 fully saturated rings. The molecular formula is C16H11N3O2. The van der Waals surface area contributed by atoms with E-state index < -0.39 is 0 Å². The van der Waals surface area contributed by atoms with E-state index in [2.05, 4.69) is 11.2 Å². The average molecular weight is 277 g/mol. The Labute approximate surface area is 120 Å². The van der Waals surface area contributed by atoms with Gasteiger partial charge >= 0.3 is 0 Å². The van der Waals surface area contributed by atoms with Crippen LogP contribution in [0.15, 0.2) is 42.6 Å². The van der Waals surface area contributed by atoms with Gasteiger partial charge in [0.05, 0.1) is 29.0 Å². The molecule has 102 valence electrons. The van der Waals surface area contributed by atoms with Gasteiger partial charge in [0.25, 0.3) is 0 Å². The summed E-state index contributed by atoms with van der Waals surface area (Å²) in [6.07, 6.45) is 1.76. The fourth-order valence-corrected chi connectivity index (χ4v) is 2.47. The third-order valence-electron chi connectivity index (χ3n) is 3.47. The molecule has 0 saturated carbocycles. The highest BCUT2D eigenvalue weighted by Crippen LogP contribution is 2.32. The molecule has 0 atom stereocenters. The summed E-state index contributed by atoms with van der Waals surface area (Å²) in [5, 5.41) is 14.3. The summed E-state index contributed by atoms with van der Waals surface area (Å²) in [7, 11) is 0. The summed E-state index contributed by atoms with van der Waals surface area (Å²) >= 11 is 0. The summed E-state index contributed by atoms with van der Waals surface area (Å²) < 4.78 is 13.0. The Bertz CT molecular complexity index is 877. The van der Waals surface area contributed by atoms with E-state index in [1.165, 1.54) is 0 Å². The van der Waals surface area contributed by atoms with Gasteiger partial charge in [0.1, 0.15) is 13.2 Å². The van der Waals surface area contributed by atoms with E-state index in [1.807, 2.05) is 35.0 Å². The van der Waals surface area contributed by atoms with Crippen molar-refractivity contribution in [3.05, 3.63) is 48.2 Å². The van der Waals surface area contributed by atoms with Crippen molar-refractivity contribution in [1.29, 1.82) is 5.26 Å². The molecule has 0 radical (unpaired) electrons. The number of hydrogen-bond donors (Lipinski definition) is 0. The molecule has 0 aliphatic carbocycles. The van der Waals surface area contributed by atoms with Crippen molar-refractivity contribution < 1.29 is 9.47 Å². The topological polar surface area (TPSA) is 60.1 Å². The first-order chi connectivity index (χ1) is 10.3. The van der Waals surface area contributed by atoms with Crippen molar-refractivity contribution in [3.8, 4) is 23.3 Å². The van der Waals surface area contributed by atoms with Gasteiger partial charge in [-0.05, 0) is 30.3 Å². The zero-order valence-electron chi connectivity index (χ0n) is 11.1. The van der Waals surface area contributed by atoms with Gasteiger partial charge in [-0.15, -0.1) is 0 Å². The molecule has 1 aromatic heterocycles. The Kier molecular flexibility index (Phi) is 2.54. The molecule has 2 heterocycles. The highest BCUT2D eigenvalue weighted by molar-refractivity contribution is 5.81. The van der Waals surface area contributed by atoms with Gasteiger partial charge in [0.2, 0.25) is 0 Å². The van der Waals surface area contributed by atoms with Gasteiger partial charge in [0.15, 0.2) is 11.5 Å². The minimum atomic E-state index is 0.557. The fraction of sp³-hybridized carbons (Fsp3) is 0.125. The fourth-order valence-electron chi connectivity index (χ4n) is 2.47. The normalized spacial score (nSPS) is 13.1. The summed E-state index contributed by atoms with van der Waals surface area (Å²) in [5.41, 5.74) is 2.48. The van der Waals surface area contributed by atoms with E-state index in [9.17, 15) is 0 Å². The van der Waals surface area contributed by atoms with Gasteiger partial charge in [-0.1, -0.05) is 0 Å². The predicted molar refractivity (Wildman–Crippen MR) is 76.8 cm³/mol. The number of aromatic nitrogens is 2. The molecule has 0 bridgehead atoms. The second kappa shape index (κ2) is 4.53. The third kappa shape index (κ3) is 1.89. The van der Waals surface area contributed by atoms with Gasteiger partial charge in [0, 0.05) is 11.5 Å². The van der Waals surface area contributed by atoms with E-state index in [-0.39, 0.29) is 0 Å². The van der Waals surface area contributed by atoms with Crippen LogP contribution in [0.5, 0.6) is 11.5 Å². The molecule has 0 unspecified atom stereocenters. The highest BCUT2D eigenvalue weighted by atomic mass is 16.6. The Morgan fingerprint density at radius 2 is 1.90 bits per heavy atom. The van der Waals surface area contributed by atoms with Crippen molar-refractivity contribution in [2.45, 2.75) is 0 Å². The maximum atomic E-state index is 8.95. The van der Waals surface area contributed by atoms with Crippen molar-refractivity contribution >= 4 is 10.9 Å². The quantitative estimate of drug-likeness (QED) is 0.686. The molecule has 3 aromatic rings. The maximum Gasteiger partial charge on any atom is 0.163 e. The molecular weight excluding hydrogens is 266 g/mol. The molecule has 0 spiro atoms. The van der Waals surface area contributed by atoms with Crippen LogP contribution in [0.25, 0.3) is 16.6 Å². The predicted octanol–water partition coefficient (Wildman–Crippen LogP) is 2.67. The lowest BCUT2D eigenvalue weighted by Crippen LogP contribution is -2.15. The number of ether oxygens (including phenoxy) is 2. The SMILES string of the molecule is N#Cc1ccc2c(cnn2-c2ccc3c(c2)OCCO3)c1. The molecule has 5 heteroatoms. The van der Waals surface area contributed by atoms with E-state index in [1.54, 1.807) is 12.3 Å². The Morgan fingerprint density at radius 3 is 2.76 bits per heavy atom. The summed E-state index contributed by atoms with van der Waals surface area (Å²) in [6.45, 7) is 1.13. The largest absolute Gasteiger partial charge is 0.486 e. The van der Waals surface area contributed by atoms with Crippen LogP contribution in [0.4, 0.5) is 0 Å². The zero-order chi connectivity index (χ0) is 14.2. The molecule has 5 nitrogen and oxygen atoms in total. The second-order valence-corrected chi connectivity index (χ2v) is 4.77. The number of nitriles is 1. The second-order valence-electron chi connectivity index (χ2n) is 4.77. The first-order valence-corrected chi connectivity index (χ1v) is 6.63. The van der Waals surface area contributed by atoms with Crippen LogP contribution in [-0.2, 0) is 0 Å². The van der Waals surface area contributed by atoms with Gasteiger partial charge < -0.3 is 9.47 Å². The van der Waals surface area contributed by atoms with Crippen LogP contribution < -0.4 is 9.47 Å². The van der Waals surface area contributed by atoms with Crippen molar-refractivity contribution in [2.24, 2.45) is 0 Å². The number of fused-ring (bicyclic) bond motifs is 2. The molecule has 0 amide bonds. The van der Waals surface area contributed by atoms with Crippen LogP contribution in [0.3, 0.4) is 0 Å². The van der Waals surface area contributed by atoms with Crippen LogP contribution in [-0.4, -0.2) is 23.0 Å². The Balaban J connectivity index is 1.85. The monoisotopic (exact) mass is 277 g/mol. The first kappa shape index (κ1) is 11.8. The Hall–Kier alpha value is -3.00. The molecule has 0 N–H and O–H groups in total.